The zero-order valence-corrected chi connectivity index (χ0v) is 31.6. The third-order valence-corrected chi connectivity index (χ3v) is 12.8. The van der Waals surface area contributed by atoms with Crippen LogP contribution in [-0.4, -0.2) is 0 Å². The molecule has 1 spiro atoms. The first-order valence-electron chi connectivity index (χ1n) is 19.8. The van der Waals surface area contributed by atoms with Crippen LogP contribution in [-0.2, 0) is 10.8 Å². The number of fused-ring (bicyclic) bond motifs is 10. The average molecular weight is 716 g/mol. The van der Waals surface area contributed by atoms with Crippen LogP contribution in [0.4, 0.5) is 0 Å². The summed E-state index contributed by atoms with van der Waals surface area (Å²) in [7, 11) is 0. The van der Waals surface area contributed by atoms with Gasteiger partial charge in [-0.2, -0.15) is 0 Å². The van der Waals surface area contributed by atoms with Gasteiger partial charge in [-0.1, -0.05) is 202 Å². The average Bonchev–Trinajstić information content (AvgIpc) is 3.57. The molecule has 1 N–H and O–H groups in total. The summed E-state index contributed by atoms with van der Waals surface area (Å²) in [6.07, 6.45) is 4.68. The SMILES string of the molecule is CC1(C)c2ccccc2C2(c3ccccc3-c3c(-c4ccc(C5C=C(c6ccccc6)C=C(c6ccccc6)N5)c5ccccc45)cccc32)c2ccccc21. The second-order valence-electron chi connectivity index (χ2n) is 16.0. The predicted octanol–water partition coefficient (Wildman–Crippen LogP) is 13.3. The smallest absolute Gasteiger partial charge is 0.0719 e. The van der Waals surface area contributed by atoms with Crippen LogP contribution in [0.2, 0.25) is 0 Å². The van der Waals surface area contributed by atoms with Crippen molar-refractivity contribution in [3.8, 4) is 22.3 Å². The maximum Gasteiger partial charge on any atom is 0.0719 e. The lowest BCUT2D eigenvalue weighted by Crippen LogP contribution is -2.40. The number of dihydropyridines is 1. The first-order valence-corrected chi connectivity index (χ1v) is 19.8. The molecule has 1 atom stereocenters. The van der Waals surface area contributed by atoms with E-state index in [9.17, 15) is 0 Å². The predicted molar refractivity (Wildman–Crippen MR) is 234 cm³/mol. The van der Waals surface area contributed by atoms with E-state index in [0.29, 0.717) is 0 Å². The van der Waals surface area contributed by atoms with Crippen LogP contribution in [0.3, 0.4) is 0 Å². The van der Waals surface area contributed by atoms with Gasteiger partial charge in [0.1, 0.15) is 0 Å². The molecule has 56 heavy (non-hydrogen) atoms. The minimum absolute atomic E-state index is 0.0200. The van der Waals surface area contributed by atoms with Gasteiger partial charge in [-0.3, -0.25) is 0 Å². The molecule has 0 saturated carbocycles. The molecule has 0 fully saturated rings. The highest BCUT2D eigenvalue weighted by molar-refractivity contribution is 6.05. The highest BCUT2D eigenvalue weighted by Crippen LogP contribution is 2.63. The Kier molecular flexibility index (Phi) is 7.25. The van der Waals surface area contributed by atoms with Crippen molar-refractivity contribution in [3.05, 3.63) is 250 Å². The second-order valence-corrected chi connectivity index (χ2v) is 16.0. The highest BCUT2D eigenvalue weighted by Gasteiger charge is 2.53. The van der Waals surface area contributed by atoms with Gasteiger partial charge >= 0.3 is 0 Å². The van der Waals surface area contributed by atoms with Gasteiger partial charge in [-0.25, -0.2) is 0 Å². The lowest BCUT2D eigenvalue weighted by Gasteiger charge is -2.46. The number of hydrogen-bond donors (Lipinski definition) is 1. The Balaban J connectivity index is 1.13. The monoisotopic (exact) mass is 715 g/mol. The molecule has 0 amide bonds. The molecule has 1 nitrogen and oxygen atoms in total. The van der Waals surface area contributed by atoms with Gasteiger partial charge in [0.25, 0.3) is 0 Å². The molecular formula is C55H41N. The highest BCUT2D eigenvalue weighted by atomic mass is 14.9. The van der Waals surface area contributed by atoms with Crippen LogP contribution in [0.5, 0.6) is 0 Å². The zero-order valence-electron chi connectivity index (χ0n) is 31.6. The van der Waals surface area contributed by atoms with Crippen molar-refractivity contribution >= 4 is 22.0 Å². The summed E-state index contributed by atoms with van der Waals surface area (Å²) in [5, 5.41) is 6.46. The van der Waals surface area contributed by atoms with Crippen molar-refractivity contribution in [3.63, 3.8) is 0 Å². The Hall–Kier alpha value is -6.70. The zero-order chi connectivity index (χ0) is 37.4. The standard InChI is InChI=1S/C55H41N/c1-54(2)46-27-13-15-29-48(46)55(49-30-16-14-28-47(49)54)45-26-12-11-24-44(45)53-43(25-17-31-50(53)55)41-32-33-42(40-23-10-9-22-39(40)41)52-35-38(36-18-5-3-6-19-36)34-51(56-52)37-20-7-4-8-21-37/h3-35,52,56H,1-2H3. The summed E-state index contributed by atoms with van der Waals surface area (Å²) >= 11 is 0. The van der Waals surface area contributed by atoms with E-state index < -0.39 is 5.41 Å². The second kappa shape index (κ2) is 12.4. The summed E-state index contributed by atoms with van der Waals surface area (Å²) in [6, 6.07) is 69.8. The quantitative estimate of drug-likeness (QED) is 0.191. The molecule has 2 aliphatic carbocycles. The van der Waals surface area contributed by atoms with E-state index in [-0.39, 0.29) is 11.5 Å². The largest absolute Gasteiger partial charge is 0.374 e. The van der Waals surface area contributed by atoms with Crippen molar-refractivity contribution in [1.82, 2.24) is 5.32 Å². The van der Waals surface area contributed by atoms with E-state index in [1.807, 2.05) is 0 Å². The molecule has 1 heteroatoms. The molecule has 8 aromatic rings. The fourth-order valence-electron chi connectivity index (χ4n) is 10.4. The normalized spacial score (nSPS) is 16.9. The summed E-state index contributed by atoms with van der Waals surface area (Å²) in [6.45, 7) is 4.78. The van der Waals surface area contributed by atoms with Crippen molar-refractivity contribution < 1.29 is 0 Å². The maximum absolute atomic E-state index is 3.94. The third-order valence-electron chi connectivity index (χ3n) is 12.8. The van der Waals surface area contributed by atoms with Crippen LogP contribution >= 0.6 is 0 Å². The van der Waals surface area contributed by atoms with Crippen LogP contribution < -0.4 is 5.32 Å². The molecule has 1 aliphatic heterocycles. The molecule has 0 aromatic heterocycles. The summed E-state index contributed by atoms with van der Waals surface area (Å²) < 4.78 is 0. The first kappa shape index (κ1) is 32.7. The maximum atomic E-state index is 3.94. The molecule has 0 radical (unpaired) electrons. The van der Waals surface area contributed by atoms with Crippen LogP contribution in [0, 0.1) is 0 Å². The Morgan fingerprint density at radius 2 is 0.946 bits per heavy atom. The lowest BCUT2D eigenvalue weighted by atomic mass is 9.55. The van der Waals surface area contributed by atoms with Gasteiger partial charge in [0.05, 0.1) is 11.5 Å². The minimum Gasteiger partial charge on any atom is -0.374 e. The fraction of sp³-hybridized carbons (Fsp3) is 0.0909. The van der Waals surface area contributed by atoms with Crippen molar-refractivity contribution in [2.24, 2.45) is 0 Å². The topological polar surface area (TPSA) is 12.0 Å². The number of hydrogen-bond acceptors (Lipinski definition) is 1. The van der Waals surface area contributed by atoms with Crippen molar-refractivity contribution in [2.75, 3.05) is 0 Å². The molecule has 3 aliphatic rings. The van der Waals surface area contributed by atoms with Crippen molar-refractivity contribution in [1.29, 1.82) is 0 Å². The minimum atomic E-state index is -0.425. The van der Waals surface area contributed by atoms with Gasteiger partial charge in [-0.15, -0.1) is 0 Å². The molecule has 1 unspecified atom stereocenters. The fourth-order valence-corrected chi connectivity index (χ4v) is 10.4. The van der Waals surface area contributed by atoms with Crippen molar-refractivity contribution in [2.45, 2.75) is 30.7 Å². The Bertz CT molecular complexity index is 2860. The van der Waals surface area contributed by atoms with Crippen LogP contribution in [0.25, 0.3) is 44.3 Å². The van der Waals surface area contributed by atoms with E-state index in [1.54, 1.807) is 0 Å². The van der Waals surface area contributed by atoms with Crippen LogP contribution in [0.15, 0.2) is 200 Å². The summed E-state index contributed by atoms with van der Waals surface area (Å²) in [5.41, 5.74) is 18.9. The summed E-state index contributed by atoms with van der Waals surface area (Å²) in [4.78, 5) is 0. The summed E-state index contributed by atoms with van der Waals surface area (Å²) in [5.74, 6) is 0. The van der Waals surface area contributed by atoms with E-state index in [2.05, 4.69) is 219 Å². The molecule has 0 saturated heterocycles. The molecule has 1 heterocycles. The Morgan fingerprint density at radius 1 is 0.411 bits per heavy atom. The Labute approximate surface area is 329 Å². The van der Waals surface area contributed by atoms with Crippen LogP contribution in [0.1, 0.15) is 70.0 Å². The van der Waals surface area contributed by atoms with Gasteiger partial charge in [0.2, 0.25) is 0 Å². The van der Waals surface area contributed by atoms with Gasteiger partial charge in [0.15, 0.2) is 0 Å². The van der Waals surface area contributed by atoms with Gasteiger partial charge in [-0.05, 0) is 101 Å². The van der Waals surface area contributed by atoms with E-state index >= 15 is 0 Å². The van der Waals surface area contributed by atoms with Gasteiger partial charge in [0, 0.05) is 11.1 Å². The molecular weight excluding hydrogens is 675 g/mol. The number of rotatable bonds is 4. The number of allylic oxidation sites excluding steroid dienone is 2. The van der Waals surface area contributed by atoms with Gasteiger partial charge < -0.3 is 5.32 Å². The molecule has 11 rings (SSSR count). The number of nitrogens with one attached hydrogen (secondary N) is 1. The molecule has 266 valence electrons. The lowest BCUT2D eigenvalue weighted by molar-refractivity contribution is 0.563. The molecule has 0 bridgehead atoms. The Morgan fingerprint density at radius 3 is 1.64 bits per heavy atom. The number of benzene rings is 8. The first-order chi connectivity index (χ1) is 27.5. The van der Waals surface area contributed by atoms with E-state index in [1.165, 1.54) is 88.7 Å². The van der Waals surface area contributed by atoms with E-state index in [0.717, 1.165) is 5.70 Å². The molecule has 8 aromatic carbocycles. The third kappa shape index (κ3) is 4.61. The van der Waals surface area contributed by atoms with E-state index in [4.69, 9.17) is 0 Å².